The minimum Gasteiger partial charge on any atom is -0.394 e. The molecule has 2 heterocycles. The Hall–Kier alpha value is -1.18. The van der Waals surface area contributed by atoms with Gasteiger partial charge in [0.1, 0.15) is 30.6 Å². The second-order valence-electron chi connectivity index (χ2n) is 3.70. The zero-order chi connectivity index (χ0) is 13.0. The zero-order valence-corrected chi connectivity index (χ0v) is 10.2. The molecule has 2 rings (SSSR count). The third-order valence-electron chi connectivity index (χ3n) is 2.50. The molecule has 8 nitrogen and oxygen atoms in total. The molecular formula is C9H13N3O5P+. The number of aliphatic hydroxyl groups excluding tert-OH is 1. The third kappa shape index (κ3) is 3.41. The second-order valence-corrected chi connectivity index (χ2v) is 4.39. The molecular weight excluding hydrogens is 261 g/mol. The van der Waals surface area contributed by atoms with E-state index in [1.165, 1.54) is 6.33 Å². The summed E-state index contributed by atoms with van der Waals surface area (Å²) in [5.74, 6) is 0.570. The molecule has 0 spiro atoms. The maximum atomic E-state index is 10.6. The Morgan fingerprint density at radius 2 is 2.50 bits per heavy atom. The molecule has 1 saturated heterocycles. The van der Waals surface area contributed by atoms with Crippen LogP contribution < -0.4 is 5.32 Å². The van der Waals surface area contributed by atoms with E-state index in [-0.39, 0.29) is 6.61 Å². The first-order valence-electron chi connectivity index (χ1n) is 5.31. The Morgan fingerprint density at radius 3 is 3.11 bits per heavy atom. The number of ether oxygens (including phenoxy) is 1. The Bertz CT molecular complexity index is 406. The van der Waals surface area contributed by atoms with Crippen LogP contribution in [0.4, 0.5) is 5.82 Å². The first-order valence-corrected chi connectivity index (χ1v) is 6.44. The van der Waals surface area contributed by atoms with Gasteiger partial charge in [0.2, 0.25) is 0 Å². The van der Waals surface area contributed by atoms with E-state index in [4.69, 9.17) is 19.3 Å². The van der Waals surface area contributed by atoms with Crippen molar-refractivity contribution >= 4 is 14.1 Å². The SMILES string of the molecule is O=[P+](O)O[C@H]1C[C@H](Nc2ccncn2)O[C@@H]1CO. The van der Waals surface area contributed by atoms with Crippen LogP contribution in [-0.2, 0) is 13.8 Å². The number of anilines is 1. The Labute approximate surface area is 104 Å². The van der Waals surface area contributed by atoms with Gasteiger partial charge in [-0.3, -0.25) is 0 Å². The summed E-state index contributed by atoms with van der Waals surface area (Å²) < 4.78 is 20.9. The van der Waals surface area contributed by atoms with E-state index in [0.29, 0.717) is 12.2 Å². The molecule has 0 radical (unpaired) electrons. The van der Waals surface area contributed by atoms with Gasteiger partial charge in [0.15, 0.2) is 0 Å². The average molecular weight is 274 g/mol. The lowest BCUT2D eigenvalue weighted by Crippen LogP contribution is -2.26. The molecule has 0 saturated carbocycles. The van der Waals surface area contributed by atoms with Gasteiger partial charge in [0.05, 0.1) is 6.61 Å². The fourth-order valence-electron chi connectivity index (χ4n) is 1.74. The summed E-state index contributed by atoms with van der Waals surface area (Å²) in [6.07, 6.45) is 1.62. The molecule has 1 aromatic heterocycles. The number of aliphatic hydroxyl groups is 1. The number of rotatable bonds is 5. The molecule has 1 fully saturated rings. The van der Waals surface area contributed by atoms with Crippen molar-refractivity contribution in [1.82, 2.24) is 9.97 Å². The van der Waals surface area contributed by atoms with E-state index in [9.17, 15) is 4.57 Å². The van der Waals surface area contributed by atoms with Crippen LogP contribution in [0.15, 0.2) is 18.6 Å². The summed E-state index contributed by atoms with van der Waals surface area (Å²) >= 11 is 0. The summed E-state index contributed by atoms with van der Waals surface area (Å²) in [5, 5.41) is 12.1. The lowest BCUT2D eigenvalue weighted by atomic mass is 10.2. The monoisotopic (exact) mass is 274 g/mol. The number of nitrogens with one attached hydrogen (secondary N) is 1. The van der Waals surface area contributed by atoms with E-state index in [2.05, 4.69) is 15.3 Å². The smallest absolute Gasteiger partial charge is 0.394 e. The third-order valence-corrected chi connectivity index (χ3v) is 2.95. The van der Waals surface area contributed by atoms with Crippen LogP contribution in [0.25, 0.3) is 0 Å². The number of aromatic nitrogens is 2. The van der Waals surface area contributed by atoms with Crippen molar-refractivity contribution in [2.75, 3.05) is 11.9 Å². The van der Waals surface area contributed by atoms with Crippen molar-refractivity contribution < 1.29 is 23.8 Å². The standard InChI is InChI=1S/C9H12N3O5P/c13-4-7-6(17-18(14)15)3-9(16-7)12-8-1-2-10-5-11-8/h1-2,5-7,9,13H,3-4H2,(H-,10,11,12,14,15)/p+1/t6-,7+,9+/m0/s1. The van der Waals surface area contributed by atoms with Crippen LogP contribution in [-0.4, -0.2) is 45.0 Å². The van der Waals surface area contributed by atoms with Gasteiger partial charge < -0.3 is 15.2 Å². The molecule has 0 bridgehead atoms. The lowest BCUT2D eigenvalue weighted by Gasteiger charge is -2.13. The maximum Gasteiger partial charge on any atom is 0.695 e. The Morgan fingerprint density at radius 1 is 1.67 bits per heavy atom. The fourth-order valence-corrected chi connectivity index (χ4v) is 2.19. The van der Waals surface area contributed by atoms with Crippen LogP contribution in [0.2, 0.25) is 0 Å². The predicted molar refractivity (Wildman–Crippen MR) is 60.7 cm³/mol. The quantitative estimate of drug-likeness (QED) is 0.644. The molecule has 0 amide bonds. The number of hydrogen-bond donors (Lipinski definition) is 3. The van der Waals surface area contributed by atoms with Crippen molar-refractivity contribution in [2.45, 2.75) is 24.9 Å². The van der Waals surface area contributed by atoms with E-state index < -0.39 is 26.7 Å². The zero-order valence-electron chi connectivity index (χ0n) is 9.34. The van der Waals surface area contributed by atoms with Crippen LogP contribution in [0.3, 0.4) is 0 Å². The molecule has 4 atom stereocenters. The summed E-state index contributed by atoms with van der Waals surface area (Å²) in [4.78, 5) is 16.5. The summed E-state index contributed by atoms with van der Waals surface area (Å²) in [7, 11) is -2.72. The molecule has 98 valence electrons. The molecule has 3 N–H and O–H groups in total. The Kier molecular flexibility index (Phi) is 4.51. The molecule has 0 aromatic carbocycles. The molecule has 18 heavy (non-hydrogen) atoms. The van der Waals surface area contributed by atoms with E-state index in [1.807, 2.05) is 0 Å². The molecule has 1 unspecified atom stereocenters. The summed E-state index contributed by atoms with van der Waals surface area (Å²) in [6.45, 7) is -0.282. The summed E-state index contributed by atoms with van der Waals surface area (Å²) in [6, 6.07) is 1.66. The predicted octanol–water partition coefficient (Wildman–Crippen LogP) is 0.0307. The van der Waals surface area contributed by atoms with Crippen molar-refractivity contribution in [3.63, 3.8) is 0 Å². The largest absolute Gasteiger partial charge is 0.695 e. The molecule has 1 aliphatic rings. The van der Waals surface area contributed by atoms with E-state index in [1.54, 1.807) is 12.3 Å². The van der Waals surface area contributed by atoms with Gasteiger partial charge in [-0.05, 0) is 6.07 Å². The van der Waals surface area contributed by atoms with Crippen LogP contribution in [0, 0.1) is 0 Å². The highest BCUT2D eigenvalue weighted by Crippen LogP contribution is 2.30. The Balaban J connectivity index is 1.94. The maximum absolute atomic E-state index is 10.6. The van der Waals surface area contributed by atoms with Gasteiger partial charge in [-0.15, -0.1) is 9.42 Å². The highest BCUT2D eigenvalue weighted by Gasteiger charge is 2.41. The molecule has 1 aliphatic heterocycles. The molecule has 9 heteroatoms. The topological polar surface area (TPSA) is 114 Å². The van der Waals surface area contributed by atoms with Crippen molar-refractivity contribution in [1.29, 1.82) is 0 Å². The number of hydrogen-bond acceptors (Lipinski definition) is 7. The van der Waals surface area contributed by atoms with Crippen LogP contribution >= 0.6 is 8.25 Å². The minimum absolute atomic E-state index is 0.282. The highest BCUT2D eigenvalue weighted by molar-refractivity contribution is 7.32. The van der Waals surface area contributed by atoms with Crippen LogP contribution in [0.5, 0.6) is 0 Å². The first kappa shape index (κ1) is 13.3. The van der Waals surface area contributed by atoms with Gasteiger partial charge in [0.25, 0.3) is 0 Å². The van der Waals surface area contributed by atoms with Gasteiger partial charge >= 0.3 is 8.25 Å². The van der Waals surface area contributed by atoms with Crippen molar-refractivity contribution in [3.05, 3.63) is 18.6 Å². The van der Waals surface area contributed by atoms with Crippen molar-refractivity contribution in [3.8, 4) is 0 Å². The minimum atomic E-state index is -2.72. The summed E-state index contributed by atoms with van der Waals surface area (Å²) in [5.41, 5.74) is 0. The van der Waals surface area contributed by atoms with Gasteiger partial charge in [-0.25, -0.2) is 9.97 Å². The molecule has 1 aromatic rings. The van der Waals surface area contributed by atoms with Gasteiger partial charge in [-0.2, -0.15) is 0 Å². The second kappa shape index (κ2) is 6.12. The molecule has 0 aliphatic carbocycles. The first-order chi connectivity index (χ1) is 8.69. The van der Waals surface area contributed by atoms with Crippen LogP contribution in [0.1, 0.15) is 6.42 Å². The van der Waals surface area contributed by atoms with E-state index >= 15 is 0 Å². The fraction of sp³-hybridized carbons (Fsp3) is 0.556. The van der Waals surface area contributed by atoms with E-state index in [0.717, 1.165) is 0 Å². The van der Waals surface area contributed by atoms with Crippen molar-refractivity contribution in [2.24, 2.45) is 0 Å². The highest BCUT2D eigenvalue weighted by atomic mass is 31.1. The average Bonchev–Trinajstić information content (AvgIpc) is 2.71. The van der Waals surface area contributed by atoms with Gasteiger partial charge in [0, 0.05) is 17.2 Å². The van der Waals surface area contributed by atoms with Gasteiger partial charge in [-0.1, -0.05) is 0 Å². The normalized spacial score (nSPS) is 28.1. The lowest BCUT2D eigenvalue weighted by molar-refractivity contribution is -0.00894. The number of nitrogens with zero attached hydrogens (tertiary/aromatic N) is 2.